The van der Waals surface area contributed by atoms with E-state index < -0.39 is 0 Å². The van der Waals surface area contributed by atoms with E-state index in [1.54, 1.807) is 0 Å². The van der Waals surface area contributed by atoms with Gasteiger partial charge >= 0.3 is 5.97 Å². The number of nitrogens with one attached hydrogen (secondary N) is 2. The minimum absolute atomic E-state index is 0. The number of rotatable bonds is 6. The Bertz CT molecular complexity index is 113. The van der Waals surface area contributed by atoms with Gasteiger partial charge in [0.05, 0.1) is 0 Å². The van der Waals surface area contributed by atoms with Crippen LogP contribution in [0.2, 0.25) is 0 Å². The van der Waals surface area contributed by atoms with Crippen LogP contribution >= 0.6 is 0 Å². The molecule has 0 aromatic carbocycles. The maximum Gasteiger partial charge on any atom is 0.321 e. The second kappa shape index (κ2) is 10.9. The Labute approximate surface area is 82.6 Å². The average molecular weight is 220 g/mol. The molecule has 75 valence electrons. The Morgan fingerprint density at radius 3 is 2.58 bits per heavy atom. The molecule has 0 fully saturated rings. The number of hydrogen-bond donors (Lipinski definition) is 3. The third-order valence-corrected chi connectivity index (χ3v) is 0.941. The fraction of sp³-hybridized carbons (Fsp3) is 0.833. The van der Waals surface area contributed by atoms with Gasteiger partial charge in [0, 0.05) is 49.9 Å². The van der Waals surface area contributed by atoms with Crippen molar-refractivity contribution in [1.29, 1.82) is 0 Å². The summed E-state index contributed by atoms with van der Waals surface area (Å²) in [4.78, 5) is 14.7. The number of carbonyl (C=O) groups excluding carboxylic acids is 1. The SMILES string of the molecule is CC(=O)ONCCNCCN.[Co]. The molecule has 0 aliphatic rings. The van der Waals surface area contributed by atoms with E-state index in [9.17, 15) is 4.79 Å². The van der Waals surface area contributed by atoms with Crippen LogP contribution in [0, 0.1) is 0 Å². The summed E-state index contributed by atoms with van der Waals surface area (Å²) in [5.41, 5.74) is 7.71. The van der Waals surface area contributed by atoms with Crippen molar-refractivity contribution in [1.82, 2.24) is 10.8 Å². The van der Waals surface area contributed by atoms with Gasteiger partial charge in [-0.05, 0) is 0 Å². The first-order valence-electron chi connectivity index (χ1n) is 3.58. The van der Waals surface area contributed by atoms with E-state index in [2.05, 4.69) is 15.6 Å². The second-order valence-electron chi connectivity index (χ2n) is 2.03. The van der Waals surface area contributed by atoms with Crippen molar-refractivity contribution in [2.24, 2.45) is 5.73 Å². The van der Waals surface area contributed by atoms with Crippen LogP contribution in [0.4, 0.5) is 0 Å². The summed E-state index contributed by atoms with van der Waals surface area (Å²) >= 11 is 0. The van der Waals surface area contributed by atoms with E-state index >= 15 is 0 Å². The predicted molar refractivity (Wildman–Crippen MR) is 41.7 cm³/mol. The van der Waals surface area contributed by atoms with Gasteiger partial charge in [-0.15, -0.1) is 0 Å². The number of nitrogens with two attached hydrogens (primary N) is 1. The summed E-state index contributed by atoms with van der Waals surface area (Å²) in [6, 6.07) is 0. The topological polar surface area (TPSA) is 76.4 Å². The molecule has 6 heteroatoms. The fourth-order valence-corrected chi connectivity index (χ4v) is 0.519. The first-order chi connectivity index (χ1) is 5.27. The van der Waals surface area contributed by atoms with Crippen LogP contribution in [0.15, 0.2) is 0 Å². The first-order valence-corrected chi connectivity index (χ1v) is 3.58. The maximum atomic E-state index is 10.2. The zero-order chi connectivity index (χ0) is 8.53. The molecule has 0 amide bonds. The van der Waals surface area contributed by atoms with Crippen molar-refractivity contribution < 1.29 is 26.4 Å². The molecule has 0 aromatic heterocycles. The molecular weight excluding hydrogens is 205 g/mol. The third-order valence-electron chi connectivity index (χ3n) is 0.941. The number of hydroxylamine groups is 1. The molecule has 0 spiro atoms. The molecule has 0 rings (SSSR count). The summed E-state index contributed by atoms with van der Waals surface area (Å²) in [5, 5.41) is 3.03. The van der Waals surface area contributed by atoms with Gasteiger partial charge in [-0.25, -0.2) is 0 Å². The van der Waals surface area contributed by atoms with Gasteiger partial charge in [-0.2, -0.15) is 5.48 Å². The van der Waals surface area contributed by atoms with Gasteiger partial charge in [0.2, 0.25) is 0 Å². The van der Waals surface area contributed by atoms with E-state index in [1.165, 1.54) is 6.92 Å². The van der Waals surface area contributed by atoms with Crippen molar-refractivity contribution >= 4 is 5.97 Å². The smallest absolute Gasteiger partial charge is 0.321 e. The molecule has 0 unspecified atom stereocenters. The predicted octanol–water partition coefficient (Wildman–Crippen LogP) is -1.40. The normalized spacial score (nSPS) is 8.83. The van der Waals surface area contributed by atoms with Crippen LogP contribution in [0.1, 0.15) is 6.92 Å². The minimum atomic E-state index is -0.330. The van der Waals surface area contributed by atoms with E-state index in [0.717, 1.165) is 13.1 Å². The zero-order valence-corrected chi connectivity index (χ0v) is 8.10. The van der Waals surface area contributed by atoms with Crippen LogP contribution in [0.5, 0.6) is 0 Å². The van der Waals surface area contributed by atoms with Crippen molar-refractivity contribution in [2.45, 2.75) is 6.92 Å². The van der Waals surface area contributed by atoms with E-state index in [4.69, 9.17) is 5.73 Å². The third kappa shape index (κ3) is 12.5. The summed E-state index contributed by atoms with van der Waals surface area (Å²) in [7, 11) is 0. The fourth-order valence-electron chi connectivity index (χ4n) is 0.519. The molecule has 0 atom stereocenters. The second-order valence-corrected chi connectivity index (χ2v) is 2.03. The van der Waals surface area contributed by atoms with E-state index in [0.29, 0.717) is 13.1 Å². The standard InChI is InChI=1S/C6H15N3O2.Co/c1-6(10)11-9-5-4-8-3-2-7;/h8-9H,2-5,7H2,1H3;. The number of hydrogen-bond acceptors (Lipinski definition) is 5. The Hall–Kier alpha value is -0.144. The molecule has 4 N–H and O–H groups in total. The van der Waals surface area contributed by atoms with E-state index in [-0.39, 0.29) is 22.7 Å². The molecule has 12 heavy (non-hydrogen) atoms. The Morgan fingerprint density at radius 1 is 1.42 bits per heavy atom. The minimum Gasteiger partial charge on any atom is -0.371 e. The number of carbonyl (C=O) groups is 1. The Balaban J connectivity index is 0. The van der Waals surface area contributed by atoms with Crippen molar-refractivity contribution in [2.75, 3.05) is 26.2 Å². The molecule has 0 bridgehead atoms. The zero-order valence-electron chi connectivity index (χ0n) is 7.06. The molecule has 1 radical (unpaired) electrons. The molecule has 0 aliphatic carbocycles. The molecule has 0 aliphatic heterocycles. The molecule has 0 aromatic rings. The maximum absolute atomic E-state index is 10.2. The molecule has 0 heterocycles. The van der Waals surface area contributed by atoms with Gasteiger partial charge < -0.3 is 15.9 Å². The molecule has 0 saturated carbocycles. The Morgan fingerprint density at radius 2 is 2.08 bits per heavy atom. The van der Waals surface area contributed by atoms with Crippen molar-refractivity contribution in [3.05, 3.63) is 0 Å². The van der Waals surface area contributed by atoms with Crippen LogP contribution in [0.3, 0.4) is 0 Å². The summed E-state index contributed by atoms with van der Waals surface area (Å²) < 4.78 is 0. The molecule has 0 saturated heterocycles. The Kier molecular flexibility index (Phi) is 13.0. The monoisotopic (exact) mass is 220 g/mol. The van der Waals surface area contributed by atoms with Gasteiger partial charge in [0.25, 0.3) is 0 Å². The average Bonchev–Trinajstić information content (AvgIpc) is 1.96. The summed E-state index contributed by atoms with van der Waals surface area (Å²) in [6.45, 7) is 4.08. The molecular formula is C6H15CoN3O2. The first kappa shape index (κ1) is 14.4. The summed E-state index contributed by atoms with van der Waals surface area (Å²) in [6.07, 6.45) is 0. The van der Waals surface area contributed by atoms with Gasteiger partial charge in [0.1, 0.15) is 0 Å². The van der Waals surface area contributed by atoms with Crippen LogP contribution in [-0.4, -0.2) is 32.1 Å². The van der Waals surface area contributed by atoms with Gasteiger partial charge in [0.15, 0.2) is 0 Å². The van der Waals surface area contributed by atoms with Gasteiger partial charge in [-0.3, -0.25) is 4.79 Å². The van der Waals surface area contributed by atoms with Crippen LogP contribution in [-0.2, 0) is 26.4 Å². The quantitative estimate of drug-likeness (QED) is 0.379. The van der Waals surface area contributed by atoms with Gasteiger partial charge in [-0.1, -0.05) is 0 Å². The van der Waals surface area contributed by atoms with Crippen molar-refractivity contribution in [3.63, 3.8) is 0 Å². The van der Waals surface area contributed by atoms with Crippen LogP contribution < -0.4 is 16.5 Å². The van der Waals surface area contributed by atoms with Crippen molar-refractivity contribution in [3.8, 4) is 0 Å². The summed E-state index contributed by atoms with van der Waals surface area (Å²) in [5.74, 6) is -0.330. The van der Waals surface area contributed by atoms with Crippen LogP contribution in [0.25, 0.3) is 0 Å². The van der Waals surface area contributed by atoms with E-state index in [1.807, 2.05) is 0 Å². The largest absolute Gasteiger partial charge is 0.371 e. The molecule has 5 nitrogen and oxygen atoms in total.